The van der Waals surface area contributed by atoms with Gasteiger partial charge in [0.1, 0.15) is 0 Å². The number of aliphatic hydroxyl groups is 1. The van der Waals surface area contributed by atoms with Crippen molar-refractivity contribution in [1.82, 2.24) is 15.0 Å². The summed E-state index contributed by atoms with van der Waals surface area (Å²) in [6.45, 7) is 10.1. The summed E-state index contributed by atoms with van der Waals surface area (Å²) in [7, 11) is 0. The van der Waals surface area contributed by atoms with Gasteiger partial charge in [-0.2, -0.15) is 5.70 Å². The number of allylic oxidation sites excluding steroid dienone is 1. The van der Waals surface area contributed by atoms with Crippen LogP contribution in [0.15, 0.2) is 18.3 Å². The van der Waals surface area contributed by atoms with Crippen molar-refractivity contribution in [2.45, 2.75) is 39.7 Å². The molecule has 3 aliphatic rings. The van der Waals surface area contributed by atoms with Gasteiger partial charge >= 0.3 is 23.1 Å². The van der Waals surface area contributed by atoms with Gasteiger partial charge in [-0.05, 0) is 30.5 Å². The molecule has 3 aromatic heterocycles. The van der Waals surface area contributed by atoms with Crippen LogP contribution in [0.3, 0.4) is 0 Å². The Morgan fingerprint density at radius 3 is 2.60 bits per heavy atom. The molecular weight excluding hydrogens is 449 g/mol. The van der Waals surface area contributed by atoms with Crippen molar-refractivity contribution >= 4 is 65.0 Å². The second-order valence-corrected chi connectivity index (χ2v) is 9.39. The van der Waals surface area contributed by atoms with Gasteiger partial charge in [-0.1, -0.05) is 73.0 Å². The number of hydrogen-bond acceptors (Lipinski definition) is 2. The van der Waals surface area contributed by atoms with Crippen LogP contribution in [0.1, 0.15) is 63.9 Å². The molecule has 2 atom stereocenters. The van der Waals surface area contributed by atoms with Crippen LogP contribution < -0.4 is 36.2 Å². The quantitative estimate of drug-likeness (QED) is 0.538. The first kappa shape index (κ1) is 23.6. The van der Waals surface area contributed by atoms with Crippen LogP contribution in [0.25, 0.3) is 41.5 Å². The van der Waals surface area contributed by atoms with Crippen LogP contribution in [0.4, 0.5) is 0 Å². The van der Waals surface area contributed by atoms with Crippen LogP contribution in [0.5, 0.6) is 0 Å². The first-order valence-electron chi connectivity index (χ1n) is 11.5. The van der Waals surface area contributed by atoms with Gasteiger partial charge in [0.2, 0.25) is 0 Å². The maximum absolute atomic E-state index is 13.0. The second kappa shape index (κ2) is 8.50. The summed E-state index contributed by atoms with van der Waals surface area (Å²) >= 11 is 0. The maximum atomic E-state index is 13.0. The molecule has 6 nitrogen and oxygen atoms in total. The molecule has 5 heterocycles. The van der Waals surface area contributed by atoms with Crippen LogP contribution in [-0.4, -0.2) is 40.0 Å². The van der Waals surface area contributed by atoms with E-state index in [0.717, 1.165) is 62.7 Å². The molecule has 0 amide bonds. The molecule has 1 unspecified atom stereocenters. The Morgan fingerprint density at radius 1 is 1.06 bits per heavy atom. The Hall–Kier alpha value is -3.16. The second-order valence-electron chi connectivity index (χ2n) is 9.39. The first-order valence-corrected chi connectivity index (χ1v) is 11.5. The van der Waals surface area contributed by atoms with Crippen molar-refractivity contribution in [2.75, 3.05) is 0 Å². The summed E-state index contributed by atoms with van der Waals surface area (Å²) in [5.41, 5.74) is 7.83. The molecular formula is C28H24MgN4O2-2. The van der Waals surface area contributed by atoms with Gasteiger partial charge in [0.25, 0.3) is 0 Å². The number of nitrogens with zero attached hydrogens (tertiary/aromatic N) is 4. The average Bonchev–Trinajstić information content (AvgIpc) is 3.57. The predicted molar refractivity (Wildman–Crippen MR) is 139 cm³/mol. The Labute approximate surface area is 219 Å². The normalized spacial score (nSPS) is 24.1. The van der Waals surface area contributed by atoms with Gasteiger partial charge in [-0.25, -0.2) is 0 Å². The Balaban J connectivity index is 0.00000253. The van der Waals surface area contributed by atoms with Crippen molar-refractivity contribution in [1.29, 1.82) is 0 Å². The summed E-state index contributed by atoms with van der Waals surface area (Å²) in [5.74, 6) is 0.360. The zero-order chi connectivity index (χ0) is 23.7. The smallest absolute Gasteiger partial charge is 0.682 e. The van der Waals surface area contributed by atoms with Crippen molar-refractivity contribution in [3.05, 3.63) is 84.3 Å². The molecule has 0 spiro atoms. The molecule has 172 valence electrons. The fourth-order valence-electron chi connectivity index (χ4n) is 5.40. The van der Waals surface area contributed by atoms with Gasteiger partial charge < -0.3 is 25.4 Å². The summed E-state index contributed by atoms with van der Waals surface area (Å²) in [6.07, 6.45) is 9.89. The number of carbonyl (C=O) groups excluding carboxylic acids is 1. The van der Waals surface area contributed by atoms with E-state index in [2.05, 4.69) is 19.6 Å². The Morgan fingerprint density at radius 2 is 1.86 bits per heavy atom. The van der Waals surface area contributed by atoms with Gasteiger partial charge in [-0.15, -0.1) is 33.1 Å². The molecule has 3 aromatic rings. The van der Waals surface area contributed by atoms with Crippen molar-refractivity contribution in [3.63, 3.8) is 0 Å². The fourth-order valence-corrected chi connectivity index (χ4v) is 5.40. The summed E-state index contributed by atoms with van der Waals surface area (Å²) in [4.78, 5) is 27.4. The zero-order valence-corrected chi connectivity index (χ0v) is 21.5. The van der Waals surface area contributed by atoms with E-state index in [9.17, 15) is 9.90 Å². The minimum absolute atomic E-state index is 0. The summed E-state index contributed by atoms with van der Waals surface area (Å²) in [5, 5.41) is 17.6. The van der Waals surface area contributed by atoms with E-state index in [1.165, 1.54) is 0 Å². The van der Waals surface area contributed by atoms with Gasteiger partial charge in [0.15, 0.2) is 5.78 Å². The fraction of sp³-hybridized carbons (Fsp3) is 0.250. The number of ketones is 1. The maximum Gasteiger partial charge on any atom is 2.00 e. The molecule has 1 saturated heterocycles. The minimum Gasteiger partial charge on any atom is -0.682 e. The SMILES string of the molecule is C=Cc1c2[n-]c(c1C)/C=C1\[N-]C(C[C@@H]1C)C1=c3[n-]/c(c(C)c3C(=O)C1)=C\c1cc(=C\O)/c([n-]1)=C/2.[Mg+2]. The molecule has 0 radical (unpaired) electrons. The van der Waals surface area contributed by atoms with Crippen molar-refractivity contribution < 1.29 is 9.90 Å². The molecule has 7 heteroatoms. The zero-order valence-electron chi connectivity index (χ0n) is 20.1. The molecule has 0 aromatic carbocycles. The first-order chi connectivity index (χ1) is 16.4. The number of hydrogen-bond donors (Lipinski definition) is 1. The van der Waals surface area contributed by atoms with Crippen LogP contribution in [-0.2, 0) is 0 Å². The average molecular weight is 473 g/mol. The van der Waals surface area contributed by atoms with Crippen molar-refractivity contribution in [3.8, 4) is 0 Å². The largest absolute Gasteiger partial charge is 2.00 e. The molecule has 0 saturated carbocycles. The van der Waals surface area contributed by atoms with E-state index in [0.29, 0.717) is 28.2 Å². The molecule has 1 fully saturated rings. The van der Waals surface area contributed by atoms with Crippen molar-refractivity contribution in [2.24, 2.45) is 5.92 Å². The molecule has 8 bridgehead atoms. The number of carbonyl (C=O) groups is 1. The summed E-state index contributed by atoms with van der Waals surface area (Å²) < 4.78 is 0. The Kier molecular flexibility index (Phi) is 5.72. The standard InChI is InChI=1S/C28H24N4O2.Mg/c1-5-18-14(3)22-10-20-13(2)6-24(30-20)19-9-26(34)27-15(4)21(32-28(19)27)8-17-7-16(12-33)23(29-17)11-25(18)31-22;/h5,7-8,10-13,24H,1,6,9H2,2-4H3,(H,33,34);/q-4;+2/b20-10-,23-11-;/t13-,24?;/m0./s1. The predicted octanol–water partition coefficient (Wildman–Crippen LogP) is 1.26. The van der Waals surface area contributed by atoms with E-state index in [-0.39, 0.29) is 40.8 Å². The number of aromatic nitrogens is 3. The van der Waals surface area contributed by atoms with Gasteiger partial charge in [0.05, 0.1) is 6.26 Å². The van der Waals surface area contributed by atoms with E-state index in [1.807, 2.05) is 26.0 Å². The minimum atomic E-state index is -0.0547. The third-order valence-corrected chi connectivity index (χ3v) is 7.29. The van der Waals surface area contributed by atoms with E-state index in [4.69, 9.17) is 20.3 Å². The van der Waals surface area contributed by atoms with E-state index in [1.54, 1.807) is 12.1 Å². The summed E-state index contributed by atoms with van der Waals surface area (Å²) in [6, 6.07) is 1.75. The number of fused-ring (bicyclic) bond motifs is 8. The molecule has 1 N–H and O–H groups in total. The third kappa shape index (κ3) is 3.56. The van der Waals surface area contributed by atoms with Crippen LogP contribution in [0.2, 0.25) is 0 Å². The molecule has 35 heavy (non-hydrogen) atoms. The number of rotatable bonds is 1. The van der Waals surface area contributed by atoms with Gasteiger partial charge in [-0.3, -0.25) is 4.79 Å². The van der Waals surface area contributed by atoms with E-state index >= 15 is 0 Å². The van der Waals surface area contributed by atoms with Crippen LogP contribution >= 0.6 is 0 Å². The number of aliphatic hydroxyl groups excluding tert-OH is 1. The molecule has 6 rings (SSSR count). The van der Waals surface area contributed by atoms with Gasteiger partial charge in [0, 0.05) is 12.0 Å². The van der Waals surface area contributed by atoms with Crippen LogP contribution in [0, 0.1) is 19.8 Å². The monoisotopic (exact) mass is 472 g/mol. The molecule has 1 aliphatic carbocycles. The topological polar surface area (TPSA) is 93.7 Å². The third-order valence-electron chi connectivity index (χ3n) is 7.29. The number of Topliss-reactive ketones (excluding diaryl/α,β-unsaturated/α-hetero) is 1. The van der Waals surface area contributed by atoms with E-state index < -0.39 is 0 Å². The Bertz CT molecular complexity index is 1680. The molecule has 2 aliphatic heterocycles.